The van der Waals surface area contributed by atoms with Crippen molar-refractivity contribution >= 4 is 39.6 Å². The van der Waals surface area contributed by atoms with Crippen LogP contribution in [0.1, 0.15) is 26.5 Å². The van der Waals surface area contributed by atoms with E-state index in [1.807, 2.05) is 29.6 Å². The highest BCUT2D eigenvalue weighted by atomic mass is 32.1. The molecule has 0 bridgehead atoms. The second-order valence-corrected chi connectivity index (χ2v) is 9.45. The predicted molar refractivity (Wildman–Crippen MR) is 131 cm³/mol. The van der Waals surface area contributed by atoms with Gasteiger partial charge in [0.1, 0.15) is 5.75 Å². The summed E-state index contributed by atoms with van der Waals surface area (Å²) in [5.74, 6) is 0.682. The number of carbonyl (C=O) groups is 2. The number of hydrogen-bond donors (Lipinski definition) is 2. The summed E-state index contributed by atoms with van der Waals surface area (Å²) in [7, 11) is 0. The van der Waals surface area contributed by atoms with E-state index >= 15 is 0 Å². The van der Waals surface area contributed by atoms with E-state index in [0.717, 1.165) is 29.9 Å². The second-order valence-electron chi connectivity index (χ2n) is 7.65. The minimum atomic E-state index is -0.188. The molecule has 8 heteroatoms. The Hall–Kier alpha value is -3.49. The predicted octanol–water partition coefficient (Wildman–Crippen LogP) is 4.92. The van der Waals surface area contributed by atoms with Crippen molar-refractivity contribution in [3.63, 3.8) is 0 Å². The maximum Gasteiger partial charge on any atom is 0.267 e. The summed E-state index contributed by atoms with van der Waals surface area (Å²) in [6.45, 7) is 1.20. The first-order valence-electron chi connectivity index (χ1n) is 10.5. The Morgan fingerprint density at radius 1 is 1.03 bits per heavy atom. The molecule has 1 aliphatic heterocycles. The number of nitrogens with one attached hydrogen (secondary N) is 2. The van der Waals surface area contributed by atoms with Gasteiger partial charge in [-0.25, -0.2) is 4.98 Å². The van der Waals surface area contributed by atoms with Gasteiger partial charge < -0.3 is 10.1 Å². The lowest BCUT2D eigenvalue weighted by Gasteiger charge is -2.07. The van der Waals surface area contributed by atoms with E-state index in [1.54, 1.807) is 11.4 Å². The molecular formula is C25H21N3O3S2. The third-order valence-corrected chi connectivity index (χ3v) is 7.00. The molecule has 2 aromatic heterocycles. The fourth-order valence-corrected chi connectivity index (χ4v) is 4.95. The fraction of sp³-hybridized carbons (Fsp3) is 0.160. The molecule has 6 nitrogen and oxygen atoms in total. The summed E-state index contributed by atoms with van der Waals surface area (Å²) in [6, 6.07) is 18.1. The van der Waals surface area contributed by atoms with Crippen LogP contribution < -0.4 is 15.4 Å². The Bertz CT molecular complexity index is 1280. The first-order chi connectivity index (χ1) is 16.1. The zero-order chi connectivity index (χ0) is 22.6. The van der Waals surface area contributed by atoms with Gasteiger partial charge in [0.05, 0.1) is 23.6 Å². The van der Waals surface area contributed by atoms with Gasteiger partial charge in [-0.3, -0.25) is 14.9 Å². The molecule has 33 heavy (non-hydrogen) atoms. The number of rotatable bonds is 7. The molecule has 1 aliphatic rings. The van der Waals surface area contributed by atoms with Gasteiger partial charge in [0.15, 0.2) is 5.13 Å². The molecular weight excluding hydrogens is 454 g/mol. The molecule has 2 amide bonds. The largest absolute Gasteiger partial charge is 0.493 e. The maximum absolute atomic E-state index is 12.4. The third-order valence-electron chi connectivity index (χ3n) is 5.33. The van der Waals surface area contributed by atoms with Gasteiger partial charge in [-0.15, -0.1) is 22.7 Å². The first-order valence-corrected chi connectivity index (χ1v) is 12.3. The highest BCUT2D eigenvalue weighted by molar-refractivity contribution is 7.14. The molecule has 0 saturated heterocycles. The molecule has 5 rings (SSSR count). The van der Waals surface area contributed by atoms with E-state index in [4.69, 9.17) is 4.74 Å². The van der Waals surface area contributed by atoms with Crippen molar-refractivity contribution in [3.05, 3.63) is 87.1 Å². The van der Waals surface area contributed by atoms with E-state index in [2.05, 4.69) is 39.9 Å². The van der Waals surface area contributed by atoms with Crippen molar-refractivity contribution in [2.24, 2.45) is 0 Å². The van der Waals surface area contributed by atoms with Crippen molar-refractivity contribution in [2.75, 3.05) is 11.9 Å². The molecule has 0 unspecified atom stereocenters. The molecule has 0 aliphatic carbocycles. The third kappa shape index (κ3) is 5.13. The number of carbonyl (C=O) groups excluding carboxylic acids is 2. The highest BCUT2D eigenvalue weighted by Gasteiger charge is 2.13. The quantitative estimate of drug-likeness (QED) is 0.398. The minimum Gasteiger partial charge on any atom is -0.493 e. The fourth-order valence-electron chi connectivity index (χ4n) is 3.62. The minimum absolute atomic E-state index is 0.112. The zero-order valence-electron chi connectivity index (χ0n) is 17.7. The second kappa shape index (κ2) is 9.56. The lowest BCUT2D eigenvalue weighted by molar-refractivity contribution is -0.120. The van der Waals surface area contributed by atoms with Gasteiger partial charge in [-0.1, -0.05) is 36.4 Å². The summed E-state index contributed by atoms with van der Waals surface area (Å²) in [4.78, 5) is 29.4. The molecule has 2 aromatic carbocycles. The van der Waals surface area contributed by atoms with Gasteiger partial charge in [0.2, 0.25) is 5.91 Å². The monoisotopic (exact) mass is 475 g/mol. The summed E-state index contributed by atoms with van der Waals surface area (Å²) in [6.07, 6.45) is 1.12. The van der Waals surface area contributed by atoms with Crippen LogP contribution in [0.15, 0.2) is 65.4 Å². The number of aromatic nitrogens is 1. The van der Waals surface area contributed by atoms with Crippen molar-refractivity contribution in [1.82, 2.24) is 10.3 Å². The Kier molecular flexibility index (Phi) is 6.19. The van der Waals surface area contributed by atoms with Gasteiger partial charge in [-0.2, -0.15) is 0 Å². The average molecular weight is 476 g/mol. The number of ether oxygens (including phenoxy) is 1. The highest BCUT2D eigenvalue weighted by Crippen LogP contribution is 2.30. The number of thiazole rings is 1. The van der Waals surface area contributed by atoms with Crippen LogP contribution in [0.25, 0.3) is 11.1 Å². The number of fused-ring (bicyclic) bond motifs is 1. The summed E-state index contributed by atoms with van der Waals surface area (Å²) in [5.41, 5.74) is 5.22. The number of hydrogen-bond acceptors (Lipinski definition) is 6. The van der Waals surface area contributed by atoms with Gasteiger partial charge in [0.25, 0.3) is 5.91 Å². The van der Waals surface area contributed by atoms with E-state index < -0.39 is 0 Å². The normalized spacial score (nSPS) is 12.1. The smallest absolute Gasteiger partial charge is 0.267 e. The van der Waals surface area contributed by atoms with Crippen LogP contribution in [0.4, 0.5) is 5.13 Å². The lowest BCUT2D eigenvalue weighted by Crippen LogP contribution is -2.24. The first kappa shape index (κ1) is 21.4. The number of nitrogens with zero attached hydrogens (tertiary/aromatic N) is 1. The van der Waals surface area contributed by atoms with Crippen molar-refractivity contribution < 1.29 is 14.3 Å². The van der Waals surface area contributed by atoms with E-state index in [9.17, 15) is 9.59 Å². The van der Waals surface area contributed by atoms with Crippen LogP contribution in [0.2, 0.25) is 0 Å². The lowest BCUT2D eigenvalue weighted by atomic mass is 10.0. The molecule has 0 spiro atoms. The topological polar surface area (TPSA) is 80.3 Å². The van der Waals surface area contributed by atoms with Crippen molar-refractivity contribution in [2.45, 2.75) is 19.4 Å². The molecule has 166 valence electrons. The van der Waals surface area contributed by atoms with Gasteiger partial charge >= 0.3 is 0 Å². The number of thiophene rings is 1. The van der Waals surface area contributed by atoms with Crippen LogP contribution >= 0.6 is 22.7 Å². The molecule has 0 radical (unpaired) electrons. The molecule has 0 saturated carbocycles. The van der Waals surface area contributed by atoms with Crippen LogP contribution in [0, 0.1) is 0 Å². The van der Waals surface area contributed by atoms with Crippen LogP contribution in [0.5, 0.6) is 5.75 Å². The summed E-state index contributed by atoms with van der Waals surface area (Å²) >= 11 is 2.68. The Labute approximate surface area is 199 Å². The number of amides is 2. The molecule has 2 N–H and O–H groups in total. The Morgan fingerprint density at radius 2 is 1.88 bits per heavy atom. The van der Waals surface area contributed by atoms with E-state index in [0.29, 0.717) is 22.2 Å². The average Bonchev–Trinajstić information content (AvgIpc) is 3.59. The number of benzene rings is 2. The van der Waals surface area contributed by atoms with Crippen molar-refractivity contribution in [3.8, 4) is 16.9 Å². The Balaban J connectivity index is 1.12. The van der Waals surface area contributed by atoms with Crippen LogP contribution in [-0.4, -0.2) is 23.4 Å². The Morgan fingerprint density at radius 3 is 2.70 bits per heavy atom. The summed E-state index contributed by atoms with van der Waals surface area (Å²) in [5, 5.41) is 9.84. The zero-order valence-corrected chi connectivity index (χ0v) is 19.3. The molecule has 0 fully saturated rings. The molecule has 3 heterocycles. The van der Waals surface area contributed by atoms with E-state index in [1.165, 1.54) is 33.8 Å². The standard InChI is InChI=1S/C25H21N3O3S2/c29-23(13-20-15-33-25(27-20)28-24(30)22-2-1-11-32-22)26-14-16-3-5-17(6-4-16)18-7-8-21-19(12-18)9-10-31-21/h1-8,11-12,15H,9-10,13-14H2,(H,26,29)(H,27,28,30). The van der Waals surface area contributed by atoms with Crippen molar-refractivity contribution in [1.29, 1.82) is 0 Å². The van der Waals surface area contributed by atoms with Crippen LogP contribution in [-0.2, 0) is 24.2 Å². The van der Waals surface area contributed by atoms with Crippen LogP contribution in [0.3, 0.4) is 0 Å². The summed E-state index contributed by atoms with van der Waals surface area (Å²) < 4.78 is 5.58. The van der Waals surface area contributed by atoms with Gasteiger partial charge in [-0.05, 0) is 45.8 Å². The van der Waals surface area contributed by atoms with Gasteiger partial charge in [0, 0.05) is 18.3 Å². The molecule has 0 atom stereocenters. The maximum atomic E-state index is 12.4. The number of anilines is 1. The SMILES string of the molecule is O=C(Cc1csc(NC(=O)c2cccs2)n1)NCc1ccc(-c2ccc3c(c2)CCO3)cc1. The molecule has 4 aromatic rings. The van der Waals surface area contributed by atoms with E-state index in [-0.39, 0.29) is 18.2 Å².